The lowest BCUT2D eigenvalue weighted by Gasteiger charge is -2.24. The molecule has 1 saturated carbocycles. The molecule has 5 heteroatoms. The predicted octanol–water partition coefficient (Wildman–Crippen LogP) is 5.50. The normalized spacial score (nSPS) is 16.0. The number of hydrogen-bond acceptors (Lipinski definition) is 3. The van der Waals surface area contributed by atoms with Crippen LogP contribution in [0.25, 0.3) is 0 Å². The maximum Gasteiger partial charge on any atom is 0.241 e. The molecule has 0 spiro atoms. The molecule has 158 valence electrons. The molecule has 2 aromatic carbocycles. The summed E-state index contributed by atoms with van der Waals surface area (Å²) in [5.74, 6) is 0.691. The second-order valence-electron chi connectivity index (χ2n) is 9.22. The average molecular weight is 415 g/mol. The van der Waals surface area contributed by atoms with Gasteiger partial charge in [0, 0.05) is 17.8 Å². The number of hydrogen-bond donors (Lipinski definition) is 2. The monoisotopic (exact) mass is 414 g/mol. The second kappa shape index (κ2) is 9.31. The molecule has 2 N–H and O–H groups in total. The summed E-state index contributed by atoms with van der Waals surface area (Å²) >= 11 is 0. The Balaban J connectivity index is 1.86. The molecule has 0 bridgehead atoms. The number of anilines is 1. The molecule has 4 nitrogen and oxygen atoms in total. The molecule has 1 fully saturated rings. The Morgan fingerprint density at radius 1 is 0.966 bits per heavy atom. The Labute approximate surface area is 176 Å². The minimum absolute atomic E-state index is 0.315. The molecule has 0 heterocycles. The van der Waals surface area contributed by atoms with Crippen LogP contribution in [-0.4, -0.2) is 14.0 Å². The van der Waals surface area contributed by atoms with Crippen molar-refractivity contribution in [1.29, 1.82) is 0 Å². The van der Waals surface area contributed by atoms with E-state index in [9.17, 15) is 8.42 Å². The minimum atomic E-state index is -3.56. The highest BCUT2D eigenvalue weighted by molar-refractivity contribution is 7.89. The molecule has 0 atom stereocenters. The van der Waals surface area contributed by atoms with Crippen molar-refractivity contribution < 1.29 is 8.42 Å². The van der Waals surface area contributed by atoms with Gasteiger partial charge in [0.25, 0.3) is 0 Å². The molecular weight excluding hydrogens is 380 g/mol. The molecule has 0 radical (unpaired) electrons. The van der Waals surface area contributed by atoms with Crippen molar-refractivity contribution in [2.45, 2.75) is 76.3 Å². The van der Waals surface area contributed by atoms with Crippen molar-refractivity contribution in [1.82, 2.24) is 4.72 Å². The van der Waals surface area contributed by atoms with Gasteiger partial charge in [-0.2, -0.15) is 0 Å². The van der Waals surface area contributed by atoms with Crippen molar-refractivity contribution in [3.63, 3.8) is 0 Å². The van der Waals surface area contributed by atoms with Gasteiger partial charge in [0.1, 0.15) is 0 Å². The van der Waals surface area contributed by atoms with E-state index in [-0.39, 0.29) is 0 Å². The number of rotatable bonds is 7. The molecule has 0 saturated heterocycles. The Morgan fingerprint density at radius 3 is 2.31 bits per heavy atom. The van der Waals surface area contributed by atoms with Crippen LogP contribution in [0.15, 0.2) is 53.4 Å². The first-order valence-electron chi connectivity index (χ1n) is 10.7. The maximum absolute atomic E-state index is 12.8. The van der Waals surface area contributed by atoms with Crippen molar-refractivity contribution in [2.75, 3.05) is 5.32 Å². The van der Waals surface area contributed by atoms with Gasteiger partial charge in [-0.05, 0) is 56.4 Å². The van der Waals surface area contributed by atoms with E-state index in [2.05, 4.69) is 22.2 Å². The van der Waals surface area contributed by atoms with Gasteiger partial charge in [-0.25, -0.2) is 13.1 Å². The van der Waals surface area contributed by atoms with E-state index in [1.807, 2.05) is 45.0 Å². The summed E-state index contributed by atoms with van der Waals surface area (Å²) < 4.78 is 28.4. The molecule has 2 aromatic rings. The van der Waals surface area contributed by atoms with Crippen molar-refractivity contribution >= 4 is 15.7 Å². The molecular formula is C24H34N2O2S. The van der Waals surface area contributed by atoms with Gasteiger partial charge in [0.05, 0.1) is 4.90 Å². The molecule has 0 aliphatic heterocycles. The zero-order chi connectivity index (χ0) is 20.9. The van der Waals surface area contributed by atoms with Crippen LogP contribution in [0, 0.1) is 5.92 Å². The smallest absolute Gasteiger partial charge is 0.241 e. The van der Waals surface area contributed by atoms with E-state index in [0.717, 1.165) is 12.1 Å². The van der Waals surface area contributed by atoms with Gasteiger partial charge in [-0.15, -0.1) is 0 Å². The van der Waals surface area contributed by atoms with E-state index >= 15 is 0 Å². The molecule has 0 amide bonds. The van der Waals surface area contributed by atoms with Gasteiger partial charge in [-0.1, -0.05) is 68.5 Å². The standard InChI is InChI=1S/C24H34N2O2S/c1-24(2,3)26-29(27,28)22-15-14-21(16-19-10-6-4-7-11-19)23(17-22)25-18-20-12-8-5-9-13-20/h5,8-9,12-15,17,19,25-26H,4,6-7,10-11,16,18H2,1-3H3. The highest BCUT2D eigenvalue weighted by Crippen LogP contribution is 2.31. The topological polar surface area (TPSA) is 58.2 Å². The fourth-order valence-electron chi connectivity index (χ4n) is 4.02. The Kier molecular flexibility index (Phi) is 7.01. The summed E-state index contributed by atoms with van der Waals surface area (Å²) in [7, 11) is -3.56. The van der Waals surface area contributed by atoms with Crippen LogP contribution in [-0.2, 0) is 23.0 Å². The minimum Gasteiger partial charge on any atom is -0.381 e. The third-order valence-electron chi connectivity index (χ3n) is 5.39. The lowest BCUT2D eigenvalue weighted by atomic mass is 9.84. The lowest BCUT2D eigenvalue weighted by Crippen LogP contribution is -2.40. The SMILES string of the molecule is CC(C)(C)NS(=O)(=O)c1ccc(CC2CCCCC2)c(NCc2ccccc2)c1. The van der Waals surface area contributed by atoms with Crippen molar-refractivity contribution in [3.05, 3.63) is 59.7 Å². The molecule has 1 aliphatic carbocycles. The van der Waals surface area contributed by atoms with E-state index < -0.39 is 15.6 Å². The number of sulfonamides is 1. The summed E-state index contributed by atoms with van der Waals surface area (Å²) in [5.41, 5.74) is 2.80. The fourth-order valence-corrected chi connectivity index (χ4v) is 5.47. The van der Waals surface area contributed by atoms with Gasteiger partial charge in [0.15, 0.2) is 0 Å². The Morgan fingerprint density at radius 2 is 1.66 bits per heavy atom. The third-order valence-corrected chi connectivity index (χ3v) is 7.15. The largest absolute Gasteiger partial charge is 0.381 e. The van der Waals surface area contributed by atoms with Crippen molar-refractivity contribution in [2.24, 2.45) is 5.92 Å². The first-order chi connectivity index (χ1) is 13.7. The number of nitrogens with one attached hydrogen (secondary N) is 2. The van der Waals surface area contributed by atoms with Crippen LogP contribution in [0.2, 0.25) is 0 Å². The molecule has 1 aliphatic rings. The quantitative estimate of drug-likeness (QED) is 0.629. The summed E-state index contributed by atoms with van der Waals surface area (Å²) in [4.78, 5) is 0.315. The van der Waals surface area contributed by atoms with Crippen LogP contribution < -0.4 is 10.0 Å². The van der Waals surface area contributed by atoms with Crippen LogP contribution in [0.3, 0.4) is 0 Å². The van der Waals surface area contributed by atoms with Gasteiger partial charge >= 0.3 is 0 Å². The van der Waals surface area contributed by atoms with Crippen LogP contribution in [0.4, 0.5) is 5.69 Å². The van der Waals surface area contributed by atoms with E-state index in [4.69, 9.17) is 0 Å². The van der Waals surface area contributed by atoms with Gasteiger partial charge in [0.2, 0.25) is 10.0 Å². The highest BCUT2D eigenvalue weighted by atomic mass is 32.2. The Bertz CT molecular complexity index is 896. The summed E-state index contributed by atoms with van der Waals surface area (Å²) in [6.45, 7) is 6.25. The fraction of sp³-hybridized carbons (Fsp3) is 0.500. The third kappa shape index (κ3) is 6.58. The Hall–Kier alpha value is -1.85. The number of benzene rings is 2. The first kappa shape index (κ1) is 21.8. The van der Waals surface area contributed by atoms with Crippen molar-refractivity contribution in [3.8, 4) is 0 Å². The lowest BCUT2D eigenvalue weighted by molar-refractivity contribution is 0.357. The predicted molar refractivity (Wildman–Crippen MR) is 121 cm³/mol. The van der Waals surface area contributed by atoms with Crippen LogP contribution in [0.5, 0.6) is 0 Å². The first-order valence-corrected chi connectivity index (χ1v) is 12.2. The van der Waals surface area contributed by atoms with Crippen LogP contribution in [0.1, 0.15) is 64.0 Å². The molecule has 0 unspecified atom stereocenters. The zero-order valence-electron chi connectivity index (χ0n) is 17.9. The summed E-state index contributed by atoms with van der Waals surface area (Å²) in [6, 6.07) is 15.8. The van der Waals surface area contributed by atoms with E-state index in [1.165, 1.54) is 43.2 Å². The molecule has 29 heavy (non-hydrogen) atoms. The molecule has 3 rings (SSSR count). The maximum atomic E-state index is 12.8. The second-order valence-corrected chi connectivity index (χ2v) is 10.9. The van der Waals surface area contributed by atoms with E-state index in [0.29, 0.717) is 17.4 Å². The summed E-state index contributed by atoms with van der Waals surface area (Å²) in [6.07, 6.45) is 7.49. The molecule has 0 aromatic heterocycles. The summed E-state index contributed by atoms with van der Waals surface area (Å²) in [5, 5.41) is 3.50. The average Bonchev–Trinajstić information content (AvgIpc) is 2.67. The van der Waals surface area contributed by atoms with Gasteiger partial charge in [-0.3, -0.25) is 0 Å². The highest BCUT2D eigenvalue weighted by Gasteiger charge is 2.23. The van der Waals surface area contributed by atoms with Crippen LogP contribution >= 0.6 is 0 Å². The van der Waals surface area contributed by atoms with E-state index in [1.54, 1.807) is 12.1 Å². The van der Waals surface area contributed by atoms with Gasteiger partial charge < -0.3 is 5.32 Å². The zero-order valence-corrected chi connectivity index (χ0v) is 18.7.